The Labute approximate surface area is 377 Å². The van der Waals surface area contributed by atoms with Gasteiger partial charge in [0, 0.05) is 30.8 Å². The van der Waals surface area contributed by atoms with Crippen LogP contribution in [-0.2, 0) is 35.6 Å². The molecule has 2 aromatic rings. The van der Waals surface area contributed by atoms with Crippen LogP contribution in [0.5, 0.6) is 11.6 Å². The van der Waals surface area contributed by atoms with Gasteiger partial charge in [-0.15, -0.1) is 6.58 Å². The van der Waals surface area contributed by atoms with E-state index in [-0.39, 0.29) is 37.5 Å². The van der Waals surface area contributed by atoms with E-state index in [0.717, 1.165) is 94.0 Å². The number of hydrogen-bond donors (Lipinski definition) is 3. The SMILES string of the molecule is C=CC1CC1(NC(=O)C1CC2CN1C(=O)C(C1(C)CCCCC1)NC(=O)OC1CC1CCCCCc1c(nc3ccccc3c1OC1CCN(C)CC1)O2)C(=O)NS(=O)(=O)C1(C)CC1. The Bertz CT molecular complexity index is 2270. The van der Waals surface area contributed by atoms with E-state index in [9.17, 15) is 22.8 Å². The minimum absolute atomic E-state index is 0.000834. The fourth-order valence-electron chi connectivity index (χ4n) is 10.8. The quantitative estimate of drug-likeness (QED) is 0.263. The van der Waals surface area contributed by atoms with E-state index in [1.165, 1.54) is 4.90 Å². The average molecular weight is 903 g/mol. The topological polar surface area (TPSA) is 186 Å². The third-order valence-corrected chi connectivity index (χ3v) is 17.8. The highest BCUT2D eigenvalue weighted by Gasteiger charge is 2.63. The molecule has 2 bridgehead atoms. The molecule has 16 heteroatoms. The lowest BCUT2D eigenvalue weighted by Crippen LogP contribution is -2.61. The van der Waals surface area contributed by atoms with Crippen molar-refractivity contribution in [3.05, 3.63) is 42.5 Å². The molecule has 348 valence electrons. The predicted octanol–water partition coefficient (Wildman–Crippen LogP) is 5.69. The Balaban J connectivity index is 1.08. The highest BCUT2D eigenvalue weighted by atomic mass is 32.2. The van der Waals surface area contributed by atoms with Gasteiger partial charge in [-0.3, -0.25) is 19.1 Å². The Morgan fingerprint density at radius 3 is 2.42 bits per heavy atom. The summed E-state index contributed by atoms with van der Waals surface area (Å²) in [4.78, 5) is 66.7. The van der Waals surface area contributed by atoms with Gasteiger partial charge in [-0.2, -0.15) is 0 Å². The van der Waals surface area contributed by atoms with E-state index in [2.05, 4.69) is 33.9 Å². The number of rotatable bonds is 9. The minimum Gasteiger partial charge on any atom is -0.489 e. The molecule has 9 rings (SSSR count). The molecule has 7 atom stereocenters. The molecule has 0 spiro atoms. The van der Waals surface area contributed by atoms with Crippen molar-refractivity contribution in [2.75, 3.05) is 26.7 Å². The van der Waals surface area contributed by atoms with Crippen molar-refractivity contribution in [3.63, 3.8) is 0 Å². The van der Waals surface area contributed by atoms with Gasteiger partial charge in [-0.1, -0.05) is 57.2 Å². The number of pyridine rings is 1. The first-order chi connectivity index (χ1) is 30.6. The van der Waals surface area contributed by atoms with Crippen LogP contribution < -0.4 is 24.8 Å². The number of piperidine rings is 1. The van der Waals surface area contributed by atoms with Gasteiger partial charge < -0.3 is 34.6 Å². The van der Waals surface area contributed by atoms with Crippen molar-refractivity contribution in [1.29, 1.82) is 0 Å². The summed E-state index contributed by atoms with van der Waals surface area (Å²) in [5, 5.41) is 6.84. The number of amides is 4. The van der Waals surface area contributed by atoms with Gasteiger partial charge >= 0.3 is 6.09 Å². The van der Waals surface area contributed by atoms with Gasteiger partial charge in [-0.05, 0) is 108 Å². The third kappa shape index (κ3) is 8.93. The van der Waals surface area contributed by atoms with Crippen molar-refractivity contribution in [1.82, 2.24) is 30.1 Å². The molecule has 3 N–H and O–H groups in total. The van der Waals surface area contributed by atoms with Crippen LogP contribution in [0, 0.1) is 17.3 Å². The number of likely N-dealkylation sites (tertiary alicyclic amines) is 1. The molecule has 4 heterocycles. The standard InChI is InChI=1S/C48H66N6O9S/c1-5-31-28-48(31,44(57)52-64(59,60)47(3)22-23-47)51-41(55)37-27-33-29-54(37)43(56)40(46(2)20-12-7-13-21-46)50-45(58)63-38-26-30(38)14-8-6-9-16-35-39(61-32-18-24-53(4)25-19-32)34-15-10-11-17-36(34)49-42(35)62-33/h5,10-11,15,17,30-33,37-38,40H,1,6-9,12-14,16,18-29H2,2-4H3,(H,50,58)(H,51,55)(H,52,57). The summed E-state index contributed by atoms with van der Waals surface area (Å²) in [6, 6.07) is 5.78. The molecule has 0 radical (unpaired) electrons. The number of carbonyl (C=O) groups excluding carboxylic acids is 4. The molecule has 4 amide bonds. The molecule has 7 aliphatic rings. The van der Waals surface area contributed by atoms with Crippen LogP contribution in [0.2, 0.25) is 0 Å². The van der Waals surface area contributed by atoms with Gasteiger partial charge in [-0.25, -0.2) is 18.2 Å². The lowest BCUT2D eigenvalue weighted by atomic mass is 9.70. The van der Waals surface area contributed by atoms with Crippen LogP contribution in [0.15, 0.2) is 36.9 Å². The maximum atomic E-state index is 15.3. The Hall–Kier alpha value is -4.44. The number of para-hydroxylation sites is 1. The number of fused-ring (bicyclic) bond motifs is 5. The van der Waals surface area contributed by atoms with Gasteiger partial charge in [0.25, 0.3) is 5.91 Å². The average Bonchev–Trinajstić information content (AvgIpc) is 4.23. The van der Waals surface area contributed by atoms with Gasteiger partial charge in [0.2, 0.25) is 27.7 Å². The molecule has 1 aromatic heterocycles. The Kier molecular flexibility index (Phi) is 12.2. The van der Waals surface area contributed by atoms with E-state index < -0.39 is 73.6 Å². The van der Waals surface area contributed by atoms with Crippen LogP contribution in [0.25, 0.3) is 10.9 Å². The molecule has 64 heavy (non-hydrogen) atoms. The van der Waals surface area contributed by atoms with Crippen molar-refractivity contribution < 1.29 is 41.8 Å². The number of ether oxygens (including phenoxy) is 3. The monoisotopic (exact) mass is 902 g/mol. The summed E-state index contributed by atoms with van der Waals surface area (Å²) in [5.41, 5.74) is -0.608. The van der Waals surface area contributed by atoms with Crippen LogP contribution >= 0.6 is 0 Å². The number of sulfonamides is 1. The number of nitrogens with one attached hydrogen (secondary N) is 3. The number of hydrogen-bond acceptors (Lipinski definition) is 11. The van der Waals surface area contributed by atoms with Crippen molar-refractivity contribution >= 4 is 44.7 Å². The molecule has 7 unspecified atom stereocenters. The van der Waals surface area contributed by atoms with Gasteiger partial charge in [0.15, 0.2) is 0 Å². The van der Waals surface area contributed by atoms with E-state index in [0.29, 0.717) is 43.5 Å². The molecule has 4 saturated carbocycles. The number of carbonyl (C=O) groups is 4. The second-order valence-electron chi connectivity index (χ2n) is 20.6. The van der Waals surface area contributed by atoms with Gasteiger partial charge in [0.1, 0.15) is 41.7 Å². The molecular formula is C48H66N6O9S. The Morgan fingerprint density at radius 2 is 1.70 bits per heavy atom. The highest BCUT2D eigenvalue weighted by molar-refractivity contribution is 7.91. The largest absolute Gasteiger partial charge is 0.489 e. The van der Waals surface area contributed by atoms with Crippen molar-refractivity contribution in [3.8, 4) is 11.6 Å². The molecule has 15 nitrogen and oxygen atoms in total. The van der Waals surface area contributed by atoms with E-state index >= 15 is 4.79 Å². The highest BCUT2D eigenvalue weighted by Crippen LogP contribution is 2.48. The molecule has 2 saturated heterocycles. The van der Waals surface area contributed by atoms with Gasteiger partial charge in [0.05, 0.1) is 22.4 Å². The lowest BCUT2D eigenvalue weighted by molar-refractivity contribution is -0.143. The molecule has 4 aliphatic carbocycles. The third-order valence-electron chi connectivity index (χ3n) is 15.7. The maximum Gasteiger partial charge on any atom is 0.408 e. The number of nitrogens with zero attached hydrogens (tertiary/aromatic N) is 3. The number of benzene rings is 1. The smallest absolute Gasteiger partial charge is 0.408 e. The fraction of sp³-hybridized carbons (Fsp3) is 0.688. The van der Waals surface area contributed by atoms with E-state index in [1.54, 1.807) is 13.0 Å². The first-order valence-corrected chi connectivity index (χ1v) is 25.3. The number of alkyl carbamates (subject to hydrolysis) is 1. The van der Waals surface area contributed by atoms with Crippen molar-refractivity contribution in [2.45, 2.75) is 164 Å². The molecule has 6 fully saturated rings. The van der Waals surface area contributed by atoms with Crippen molar-refractivity contribution in [2.24, 2.45) is 17.3 Å². The Morgan fingerprint density at radius 1 is 0.969 bits per heavy atom. The summed E-state index contributed by atoms with van der Waals surface area (Å²) in [6.45, 7) is 9.35. The number of aromatic nitrogens is 1. The van der Waals surface area contributed by atoms with Crippen LogP contribution in [0.3, 0.4) is 0 Å². The van der Waals surface area contributed by atoms with Crippen LogP contribution in [-0.4, -0.2) is 114 Å². The summed E-state index contributed by atoms with van der Waals surface area (Å²) in [6.07, 6.45) is 12.2. The van der Waals surface area contributed by atoms with E-state index in [4.69, 9.17) is 19.2 Å². The zero-order valence-electron chi connectivity index (χ0n) is 37.7. The van der Waals surface area contributed by atoms with Crippen LogP contribution in [0.4, 0.5) is 4.79 Å². The second-order valence-corrected chi connectivity index (χ2v) is 22.8. The van der Waals surface area contributed by atoms with Crippen LogP contribution in [0.1, 0.15) is 122 Å². The first-order valence-electron chi connectivity index (χ1n) is 23.8. The normalized spacial score (nSPS) is 32.0. The maximum absolute atomic E-state index is 15.3. The summed E-state index contributed by atoms with van der Waals surface area (Å²) >= 11 is 0. The molecule has 1 aromatic carbocycles. The second kappa shape index (κ2) is 17.4. The predicted molar refractivity (Wildman–Crippen MR) is 240 cm³/mol. The summed E-state index contributed by atoms with van der Waals surface area (Å²) < 4.78 is 47.6. The zero-order chi connectivity index (χ0) is 45.0. The molecular weight excluding hydrogens is 837 g/mol. The lowest BCUT2D eigenvalue weighted by Gasteiger charge is -2.42. The summed E-state index contributed by atoms with van der Waals surface area (Å²) in [5.74, 6) is -0.966. The first kappa shape index (κ1) is 44.7. The minimum atomic E-state index is -4.01. The summed E-state index contributed by atoms with van der Waals surface area (Å²) in [7, 11) is -1.89. The molecule has 3 aliphatic heterocycles. The van der Waals surface area contributed by atoms with E-state index in [1.807, 2.05) is 31.2 Å². The fourth-order valence-corrected chi connectivity index (χ4v) is 12.1. The zero-order valence-corrected chi connectivity index (χ0v) is 38.5.